The van der Waals surface area contributed by atoms with Crippen LogP contribution < -0.4 is 15.8 Å². The number of hydrogen-bond donors (Lipinski definition) is 2. The molecule has 0 radical (unpaired) electrons. The number of methoxy groups -OCH3 is 1. The van der Waals surface area contributed by atoms with Crippen LogP contribution in [0.5, 0.6) is 5.75 Å². The van der Waals surface area contributed by atoms with Gasteiger partial charge in [0.25, 0.3) is 5.91 Å². The van der Waals surface area contributed by atoms with E-state index in [1.807, 2.05) is 0 Å². The lowest BCUT2D eigenvalue weighted by Gasteiger charge is -2.14. The van der Waals surface area contributed by atoms with Crippen molar-refractivity contribution in [3.63, 3.8) is 0 Å². The molecule has 1 amide bonds. The Bertz CT molecular complexity index is 1020. The van der Waals surface area contributed by atoms with Crippen molar-refractivity contribution in [2.45, 2.75) is 13.0 Å². The predicted molar refractivity (Wildman–Crippen MR) is 95.9 cm³/mol. The Morgan fingerprint density at radius 3 is 2.66 bits per heavy atom. The largest absolute Gasteiger partial charge is 0.573 e. The van der Waals surface area contributed by atoms with Crippen molar-refractivity contribution < 1.29 is 32.0 Å². The Hall–Kier alpha value is -3.60. The van der Waals surface area contributed by atoms with Crippen LogP contribution in [0.1, 0.15) is 16.2 Å². The molecule has 1 aromatic carbocycles. The quantitative estimate of drug-likeness (QED) is 0.641. The molecule has 0 atom stereocenters. The number of pyridine rings is 1. The average molecular weight is 408 g/mol. The highest BCUT2D eigenvalue weighted by atomic mass is 19.4. The molecule has 0 aliphatic carbocycles. The first-order valence-corrected chi connectivity index (χ1v) is 8.14. The van der Waals surface area contributed by atoms with Gasteiger partial charge in [0.2, 0.25) is 5.76 Å². The lowest BCUT2D eigenvalue weighted by Crippen LogP contribution is -2.17. The second-order valence-corrected chi connectivity index (χ2v) is 5.74. The number of nitrogen functional groups attached to an aromatic ring is 1. The summed E-state index contributed by atoms with van der Waals surface area (Å²) in [6.45, 7) is 0.177. The third-order valence-electron chi connectivity index (χ3n) is 3.64. The summed E-state index contributed by atoms with van der Waals surface area (Å²) in [5.74, 6) is -1.13. The fourth-order valence-electron chi connectivity index (χ4n) is 2.49. The highest BCUT2D eigenvalue weighted by Crippen LogP contribution is 2.36. The molecule has 8 nitrogen and oxygen atoms in total. The van der Waals surface area contributed by atoms with Gasteiger partial charge in [0.1, 0.15) is 23.1 Å². The topological polar surface area (TPSA) is 112 Å². The first-order valence-electron chi connectivity index (χ1n) is 8.14. The summed E-state index contributed by atoms with van der Waals surface area (Å²) in [5.41, 5.74) is 6.64. The summed E-state index contributed by atoms with van der Waals surface area (Å²) in [7, 11) is 1.47. The highest BCUT2D eigenvalue weighted by molar-refractivity contribution is 6.02. The number of carbonyl (C=O) groups is 1. The van der Waals surface area contributed by atoms with Crippen LogP contribution in [0.25, 0.3) is 11.1 Å². The van der Waals surface area contributed by atoms with Crippen LogP contribution in [0.3, 0.4) is 0 Å². The van der Waals surface area contributed by atoms with Crippen LogP contribution in [-0.4, -0.2) is 29.5 Å². The number of nitrogens with zero attached hydrogens (tertiary/aromatic N) is 2. The van der Waals surface area contributed by atoms with Crippen LogP contribution in [-0.2, 0) is 11.3 Å². The number of anilines is 2. The predicted octanol–water partition coefficient (Wildman–Crippen LogP) is 3.62. The number of rotatable bonds is 6. The maximum atomic E-state index is 12.6. The van der Waals surface area contributed by atoms with Crippen molar-refractivity contribution in [2.24, 2.45) is 0 Å². The number of amides is 1. The Morgan fingerprint density at radius 2 is 1.97 bits per heavy atom. The number of nitrogens with two attached hydrogens (primary N) is 1. The monoisotopic (exact) mass is 408 g/mol. The van der Waals surface area contributed by atoms with Crippen LogP contribution in [0.4, 0.5) is 24.8 Å². The van der Waals surface area contributed by atoms with Crippen molar-refractivity contribution in [3.05, 3.63) is 53.9 Å². The molecule has 2 aromatic heterocycles. The second-order valence-electron chi connectivity index (χ2n) is 5.74. The number of ether oxygens (including phenoxy) is 2. The number of alkyl halides is 3. The lowest BCUT2D eigenvalue weighted by atomic mass is 10.1. The minimum absolute atomic E-state index is 0.0644. The molecular weight excluding hydrogens is 393 g/mol. The summed E-state index contributed by atoms with van der Waals surface area (Å²) in [6, 6.07) is 9.74. The fraction of sp³-hybridized carbons (Fsp3) is 0.167. The number of hydrogen-bond acceptors (Lipinski definition) is 7. The van der Waals surface area contributed by atoms with E-state index in [9.17, 15) is 18.0 Å². The minimum Gasteiger partial charge on any atom is -0.405 e. The Balaban J connectivity index is 1.81. The lowest BCUT2D eigenvalue weighted by molar-refractivity contribution is -0.274. The molecule has 0 fully saturated rings. The maximum absolute atomic E-state index is 12.6. The van der Waals surface area contributed by atoms with E-state index in [0.29, 0.717) is 5.69 Å². The van der Waals surface area contributed by atoms with Gasteiger partial charge in [0.15, 0.2) is 0 Å². The van der Waals surface area contributed by atoms with Gasteiger partial charge in [0, 0.05) is 24.3 Å². The number of aromatic nitrogens is 2. The molecule has 0 aliphatic rings. The highest BCUT2D eigenvalue weighted by Gasteiger charge is 2.32. The summed E-state index contributed by atoms with van der Waals surface area (Å²) in [6.07, 6.45) is -4.86. The molecule has 0 spiro atoms. The third-order valence-corrected chi connectivity index (χ3v) is 3.64. The van der Waals surface area contributed by atoms with Gasteiger partial charge in [-0.2, -0.15) is 0 Å². The van der Waals surface area contributed by atoms with E-state index in [1.54, 1.807) is 0 Å². The first-order chi connectivity index (χ1) is 13.8. The number of benzene rings is 1. The number of nitrogens with one attached hydrogen (secondary N) is 1. The van der Waals surface area contributed by atoms with Crippen LogP contribution in [0.2, 0.25) is 0 Å². The molecule has 0 unspecified atom stereocenters. The van der Waals surface area contributed by atoms with Crippen molar-refractivity contribution >= 4 is 17.5 Å². The van der Waals surface area contributed by atoms with E-state index in [1.165, 1.54) is 49.6 Å². The minimum atomic E-state index is -4.86. The van der Waals surface area contributed by atoms with Crippen LogP contribution in [0, 0.1) is 0 Å². The van der Waals surface area contributed by atoms with E-state index in [4.69, 9.17) is 15.0 Å². The molecule has 0 saturated heterocycles. The average Bonchev–Trinajstić information content (AvgIpc) is 3.11. The summed E-state index contributed by atoms with van der Waals surface area (Å²) >= 11 is 0. The van der Waals surface area contributed by atoms with E-state index < -0.39 is 18.0 Å². The van der Waals surface area contributed by atoms with Gasteiger partial charge < -0.3 is 25.0 Å². The third kappa shape index (κ3) is 5.02. The molecule has 3 aromatic rings. The van der Waals surface area contributed by atoms with E-state index >= 15 is 0 Å². The van der Waals surface area contributed by atoms with E-state index in [0.717, 1.165) is 0 Å². The van der Waals surface area contributed by atoms with Gasteiger partial charge >= 0.3 is 6.36 Å². The van der Waals surface area contributed by atoms with Crippen LogP contribution in [0.15, 0.2) is 47.0 Å². The molecule has 0 bridgehead atoms. The molecule has 3 N–H and O–H groups in total. The van der Waals surface area contributed by atoms with Crippen LogP contribution >= 0.6 is 0 Å². The Morgan fingerprint density at radius 1 is 1.21 bits per heavy atom. The van der Waals surface area contributed by atoms with Crippen molar-refractivity contribution in [1.29, 1.82) is 0 Å². The zero-order chi connectivity index (χ0) is 21.0. The molecule has 152 valence electrons. The number of para-hydroxylation sites is 1. The van der Waals surface area contributed by atoms with E-state index in [-0.39, 0.29) is 35.1 Å². The Kier molecular flexibility index (Phi) is 5.69. The number of carbonyl (C=O) groups excluding carboxylic acids is 1. The Labute approximate surface area is 162 Å². The van der Waals surface area contributed by atoms with Crippen molar-refractivity contribution in [2.75, 3.05) is 18.2 Å². The van der Waals surface area contributed by atoms with Gasteiger partial charge in [0.05, 0.1) is 6.61 Å². The summed E-state index contributed by atoms with van der Waals surface area (Å²) < 4.78 is 51.7. The van der Waals surface area contributed by atoms with Crippen molar-refractivity contribution in [3.8, 4) is 16.9 Å². The summed E-state index contributed by atoms with van der Waals surface area (Å²) in [5, 5.41) is 6.14. The molecule has 0 saturated carbocycles. The second kappa shape index (κ2) is 8.19. The maximum Gasteiger partial charge on any atom is 0.573 e. The zero-order valence-corrected chi connectivity index (χ0v) is 15.0. The van der Waals surface area contributed by atoms with Gasteiger partial charge in [-0.25, -0.2) is 4.98 Å². The molecule has 0 aliphatic heterocycles. The molecule has 3 rings (SSSR count). The van der Waals surface area contributed by atoms with Gasteiger partial charge in [-0.05, 0) is 18.2 Å². The van der Waals surface area contributed by atoms with Gasteiger partial charge in [-0.3, -0.25) is 4.79 Å². The molecule has 11 heteroatoms. The standard InChI is InChI=1S/C18H15F3N4O4/c1-27-9-10-8-14(29-25-10)17(26)24-15-7-6-12(16(22)23-15)11-4-2-3-5-13(11)28-18(19,20)21/h2-8H,9H2,1H3,(H3,22,23,24,26). The molecule has 29 heavy (non-hydrogen) atoms. The normalized spacial score (nSPS) is 11.3. The first kappa shape index (κ1) is 20.1. The fourth-order valence-corrected chi connectivity index (χ4v) is 2.49. The van der Waals surface area contributed by atoms with Gasteiger partial charge in [-0.1, -0.05) is 23.4 Å². The van der Waals surface area contributed by atoms with Crippen molar-refractivity contribution in [1.82, 2.24) is 10.1 Å². The molecule has 2 heterocycles. The van der Waals surface area contributed by atoms with Gasteiger partial charge in [-0.15, -0.1) is 13.2 Å². The zero-order valence-electron chi connectivity index (χ0n) is 15.0. The summed E-state index contributed by atoms with van der Waals surface area (Å²) in [4.78, 5) is 16.2. The SMILES string of the molecule is COCc1cc(C(=O)Nc2ccc(-c3ccccc3OC(F)(F)F)c(N)n2)on1. The van der Waals surface area contributed by atoms with E-state index in [2.05, 4.69) is 20.2 Å². The molecular formula is C18H15F3N4O4. The number of halogens is 3. The smallest absolute Gasteiger partial charge is 0.405 e.